The van der Waals surface area contributed by atoms with E-state index in [0.717, 1.165) is 56.9 Å². The van der Waals surface area contributed by atoms with Gasteiger partial charge in [-0.15, -0.1) is 0 Å². The predicted octanol–water partition coefficient (Wildman–Crippen LogP) is 9.06. The number of nitrogens with zero attached hydrogens (tertiary/aromatic N) is 8. The summed E-state index contributed by atoms with van der Waals surface area (Å²) in [6.07, 6.45) is 8.07. The summed E-state index contributed by atoms with van der Waals surface area (Å²) in [5, 5.41) is 5.30. The fourth-order valence-electron chi connectivity index (χ4n) is 11.3. The second-order valence-corrected chi connectivity index (χ2v) is 20.9. The number of aromatic nitrogens is 4. The number of hydrogen-bond acceptors (Lipinski definition) is 6. The van der Waals surface area contributed by atoms with Crippen LogP contribution < -0.4 is 40.0 Å². The fourth-order valence-corrected chi connectivity index (χ4v) is 16.0. The minimum absolute atomic E-state index is 0.147. The predicted molar refractivity (Wildman–Crippen MR) is 269 cm³/mol. The molecule has 0 saturated heterocycles. The molecule has 0 fully saturated rings. The van der Waals surface area contributed by atoms with Crippen LogP contribution in [0.25, 0.3) is 22.8 Å². The van der Waals surface area contributed by atoms with Crippen molar-refractivity contribution in [1.82, 2.24) is 18.9 Å². The van der Waals surface area contributed by atoms with Crippen LogP contribution in [0.3, 0.4) is 0 Å². The summed E-state index contributed by atoms with van der Waals surface area (Å²) < 4.78 is 4.62. The van der Waals surface area contributed by atoms with Crippen molar-refractivity contribution in [3.05, 3.63) is 231 Å². The molecular formula is C54H38B2N8Si. The van der Waals surface area contributed by atoms with Gasteiger partial charge in [0, 0.05) is 58.7 Å². The normalized spacial score (nSPS) is 14.0. The van der Waals surface area contributed by atoms with E-state index >= 15 is 0 Å². The lowest BCUT2D eigenvalue weighted by molar-refractivity contribution is 1.09. The molecule has 0 spiro atoms. The minimum atomic E-state index is -2.91. The van der Waals surface area contributed by atoms with Crippen LogP contribution in [0, 0.1) is 0 Å². The molecule has 0 atom stereocenters. The SMILES string of the molecule is c1ccc([Si](c2ccccc2)(c2ccc(N3B4N(c5ccccc5-c5nccn54)c4ccccc43)cc2)c2ccc(N3B4N(c5ccccc5-c5nccn54)c4ccccc43)cc2)cc1. The molecule has 0 bridgehead atoms. The van der Waals surface area contributed by atoms with Crippen LogP contribution in [0.2, 0.25) is 0 Å². The van der Waals surface area contributed by atoms with E-state index < -0.39 is 8.07 Å². The van der Waals surface area contributed by atoms with Crippen LogP contribution in [0.15, 0.2) is 231 Å². The van der Waals surface area contributed by atoms with Gasteiger partial charge < -0.3 is 28.2 Å². The molecule has 11 heteroatoms. The molecule has 10 aromatic rings. The molecular weight excluding hydrogens is 810 g/mol. The van der Waals surface area contributed by atoms with Crippen molar-refractivity contribution in [3.63, 3.8) is 0 Å². The Balaban J connectivity index is 0.919. The van der Waals surface area contributed by atoms with Gasteiger partial charge in [0.25, 0.3) is 0 Å². The van der Waals surface area contributed by atoms with Gasteiger partial charge in [0.2, 0.25) is 0 Å². The maximum atomic E-state index is 4.88. The van der Waals surface area contributed by atoms with E-state index in [2.05, 4.69) is 247 Å². The monoisotopic (exact) mass is 848 g/mol. The zero-order valence-electron chi connectivity index (χ0n) is 35.2. The highest BCUT2D eigenvalue weighted by Gasteiger charge is 2.51. The van der Waals surface area contributed by atoms with Crippen LogP contribution in [0.5, 0.6) is 0 Å². The topological polar surface area (TPSA) is 48.6 Å². The van der Waals surface area contributed by atoms with Crippen molar-refractivity contribution in [1.29, 1.82) is 0 Å². The highest BCUT2D eigenvalue weighted by atomic mass is 28.3. The molecule has 4 aliphatic rings. The number of fused-ring (bicyclic) bond motifs is 16. The first-order valence-electron chi connectivity index (χ1n) is 22.2. The Hall–Kier alpha value is -8.27. The summed E-state index contributed by atoms with van der Waals surface area (Å²) in [6.45, 7) is 0. The van der Waals surface area contributed by atoms with E-state index in [4.69, 9.17) is 9.97 Å². The molecule has 0 unspecified atom stereocenters. The first-order valence-corrected chi connectivity index (χ1v) is 24.2. The molecule has 14 rings (SSSR count). The molecule has 0 aliphatic carbocycles. The number of anilines is 8. The molecule has 8 aromatic carbocycles. The van der Waals surface area contributed by atoms with E-state index in [-0.39, 0.29) is 14.2 Å². The van der Waals surface area contributed by atoms with Crippen LogP contribution in [-0.2, 0) is 0 Å². The summed E-state index contributed by atoms with van der Waals surface area (Å²) in [4.78, 5) is 19.6. The molecule has 65 heavy (non-hydrogen) atoms. The average molecular weight is 849 g/mol. The maximum Gasteiger partial charge on any atom is 0.519 e. The van der Waals surface area contributed by atoms with Crippen molar-refractivity contribution in [2.45, 2.75) is 0 Å². The summed E-state index contributed by atoms with van der Waals surface area (Å²) in [6, 6.07) is 76.2. The molecule has 304 valence electrons. The van der Waals surface area contributed by atoms with Crippen molar-refractivity contribution in [2.24, 2.45) is 0 Å². The van der Waals surface area contributed by atoms with Crippen molar-refractivity contribution < 1.29 is 0 Å². The van der Waals surface area contributed by atoms with Crippen LogP contribution >= 0.6 is 0 Å². The van der Waals surface area contributed by atoms with Crippen molar-refractivity contribution in [3.8, 4) is 22.8 Å². The third-order valence-corrected chi connectivity index (χ3v) is 18.7. The highest BCUT2D eigenvalue weighted by Crippen LogP contribution is 2.53. The Labute approximate surface area is 378 Å². The third kappa shape index (κ3) is 4.98. The zero-order chi connectivity index (χ0) is 42.6. The second-order valence-electron chi connectivity index (χ2n) is 17.1. The third-order valence-electron chi connectivity index (χ3n) is 13.9. The van der Waals surface area contributed by atoms with E-state index in [1.165, 1.54) is 32.1 Å². The van der Waals surface area contributed by atoms with Gasteiger partial charge in [0.1, 0.15) is 11.6 Å². The lowest BCUT2D eigenvalue weighted by Gasteiger charge is -2.37. The van der Waals surface area contributed by atoms with Gasteiger partial charge in [-0.2, -0.15) is 0 Å². The van der Waals surface area contributed by atoms with Crippen molar-refractivity contribution in [2.75, 3.05) is 19.2 Å². The Morgan fingerprint density at radius 1 is 0.308 bits per heavy atom. The Bertz CT molecular complexity index is 3220. The first-order chi connectivity index (χ1) is 32.3. The molecule has 0 radical (unpaired) electrons. The summed E-state index contributed by atoms with van der Waals surface area (Å²) in [5.41, 5.74) is 11.5. The number of hydrogen-bond donors (Lipinski definition) is 0. The van der Waals surface area contributed by atoms with Gasteiger partial charge in [-0.25, -0.2) is 9.97 Å². The Morgan fingerprint density at radius 2 is 0.631 bits per heavy atom. The fraction of sp³-hybridized carbons (Fsp3) is 0. The molecule has 0 saturated carbocycles. The van der Waals surface area contributed by atoms with Crippen LogP contribution in [0.1, 0.15) is 0 Å². The van der Waals surface area contributed by atoms with Gasteiger partial charge >= 0.3 is 14.2 Å². The second kappa shape index (κ2) is 13.9. The number of rotatable bonds is 6. The summed E-state index contributed by atoms with van der Waals surface area (Å²) in [7, 11) is -3.21. The van der Waals surface area contributed by atoms with Gasteiger partial charge in [0.15, 0.2) is 8.07 Å². The van der Waals surface area contributed by atoms with E-state index in [1.807, 2.05) is 12.4 Å². The smallest absolute Gasteiger partial charge is 0.344 e. The van der Waals surface area contributed by atoms with Gasteiger partial charge in [-0.3, -0.25) is 0 Å². The molecule has 0 amide bonds. The summed E-state index contributed by atoms with van der Waals surface area (Å²) >= 11 is 0. The zero-order valence-corrected chi connectivity index (χ0v) is 36.2. The molecule has 0 N–H and O–H groups in total. The van der Waals surface area contributed by atoms with Gasteiger partial charge in [-0.05, 0) is 93.5 Å². The van der Waals surface area contributed by atoms with E-state index in [9.17, 15) is 0 Å². The van der Waals surface area contributed by atoms with Crippen LogP contribution in [-0.4, -0.2) is 41.2 Å². The first kappa shape index (κ1) is 36.2. The lowest BCUT2D eigenvalue weighted by Crippen LogP contribution is -2.74. The number of para-hydroxylation sites is 6. The highest BCUT2D eigenvalue weighted by molar-refractivity contribution is 7.19. The molecule has 2 aromatic heterocycles. The largest absolute Gasteiger partial charge is 0.519 e. The van der Waals surface area contributed by atoms with E-state index in [1.54, 1.807) is 0 Å². The Morgan fingerprint density at radius 3 is 1.03 bits per heavy atom. The van der Waals surface area contributed by atoms with E-state index in [0.29, 0.717) is 0 Å². The molecule has 4 aliphatic heterocycles. The quantitative estimate of drug-likeness (QED) is 0.123. The minimum Gasteiger partial charge on any atom is -0.344 e. The Kier molecular flexibility index (Phi) is 7.73. The standard InChI is InChI=1S/C54H38B2N8Si/c1-3-15-41(16-4-1)65(42-17-5-2-6-18-42,43-31-27-39(28-32-43)61-49-23-11-13-25-51(49)63-47-21-9-7-19-45(47)53-57-35-37-59(53)55(61)63)44-33-29-40(30-34-44)62-50-24-12-14-26-52(50)64-48-22-10-8-20-46(48)54-58-36-38-60(54)56(62)64/h1-38H. The molecule has 6 heterocycles. The number of imidazole rings is 2. The molecule has 8 nitrogen and oxygen atoms in total. The van der Waals surface area contributed by atoms with Crippen LogP contribution in [0.4, 0.5) is 45.5 Å². The lowest BCUT2D eigenvalue weighted by atomic mass is 9.82. The van der Waals surface area contributed by atoms with Gasteiger partial charge in [-0.1, -0.05) is 133 Å². The summed E-state index contributed by atoms with van der Waals surface area (Å²) in [5.74, 6) is 1.95. The maximum absolute atomic E-state index is 4.88. The van der Waals surface area contributed by atoms with Crippen molar-refractivity contribution >= 4 is 88.6 Å². The van der Waals surface area contributed by atoms with Gasteiger partial charge in [0.05, 0.1) is 22.7 Å². The number of benzene rings is 8. The average Bonchev–Trinajstić information content (AvgIpc) is 4.20.